The Hall–Kier alpha value is 0.0900. The highest BCUT2D eigenvalue weighted by Crippen LogP contribution is 2.43. The van der Waals surface area contributed by atoms with Crippen molar-refractivity contribution in [3.05, 3.63) is 18.5 Å². The summed E-state index contributed by atoms with van der Waals surface area (Å²) in [5.74, 6) is -0.200. The summed E-state index contributed by atoms with van der Waals surface area (Å²) in [6, 6.07) is 1.91. The average molecular weight is 454 g/mol. The van der Waals surface area contributed by atoms with E-state index in [2.05, 4.69) is 38.8 Å². The van der Waals surface area contributed by atoms with Crippen LogP contribution in [0.15, 0.2) is 13.6 Å². The van der Waals surface area contributed by atoms with Crippen LogP contribution in [0.3, 0.4) is 0 Å². The van der Waals surface area contributed by atoms with Crippen molar-refractivity contribution in [2.45, 2.75) is 45.4 Å². The first-order chi connectivity index (χ1) is 10.1. The zero-order chi connectivity index (χ0) is 15.2. The maximum Gasteiger partial charge on any atom is 0.348 e. The molecule has 0 saturated heterocycles. The summed E-state index contributed by atoms with van der Waals surface area (Å²) in [4.78, 5) is 12.7. The molecule has 0 aromatic carbocycles. The van der Waals surface area contributed by atoms with Gasteiger partial charge in [0.15, 0.2) is 0 Å². The highest BCUT2D eigenvalue weighted by atomic mass is 79.9. The molecule has 0 atom stereocenters. The van der Waals surface area contributed by atoms with E-state index < -0.39 is 0 Å². The molecule has 0 bridgehead atoms. The van der Waals surface area contributed by atoms with Gasteiger partial charge in [-0.2, -0.15) is 0 Å². The molecule has 116 valence electrons. The van der Waals surface area contributed by atoms with Gasteiger partial charge in [-0.1, -0.05) is 39.0 Å². The summed E-state index contributed by atoms with van der Waals surface area (Å²) >= 11 is 10.2. The Morgan fingerprint density at radius 2 is 1.81 bits per heavy atom. The Morgan fingerprint density at radius 3 is 2.52 bits per heavy atom. The third-order valence-electron chi connectivity index (χ3n) is 3.23. The molecule has 0 aliphatic rings. The van der Waals surface area contributed by atoms with Gasteiger partial charge in [-0.15, -0.1) is 22.7 Å². The molecule has 0 fully saturated rings. The number of esters is 1. The fraction of sp³-hybridized carbons (Fsp3) is 0.533. The van der Waals surface area contributed by atoms with Crippen LogP contribution >= 0.6 is 54.5 Å². The van der Waals surface area contributed by atoms with Crippen LogP contribution < -0.4 is 0 Å². The Bertz CT molecular complexity index is 570. The van der Waals surface area contributed by atoms with Crippen molar-refractivity contribution >= 4 is 70.6 Å². The molecular formula is C15H18Br2O2S2. The number of carbonyl (C=O) groups excluding carboxylic acids is 1. The van der Waals surface area contributed by atoms with E-state index in [1.807, 2.05) is 6.07 Å². The predicted octanol–water partition coefficient (Wildman–Crippen LogP) is 7.01. The van der Waals surface area contributed by atoms with Gasteiger partial charge in [0.1, 0.15) is 4.88 Å². The first-order valence-electron chi connectivity index (χ1n) is 7.18. The summed E-state index contributed by atoms with van der Waals surface area (Å²) in [6.07, 6.45) is 7.18. The molecule has 0 saturated carbocycles. The Balaban J connectivity index is 1.78. The number of rotatable bonds is 8. The van der Waals surface area contributed by atoms with Gasteiger partial charge in [0.2, 0.25) is 0 Å². The SMILES string of the molecule is CCCCCCCCOC(=O)c1cc2c(Br)sc(Br)c2s1. The lowest BCUT2D eigenvalue weighted by atomic mass is 10.1. The maximum atomic E-state index is 12.0. The van der Waals surface area contributed by atoms with Crippen LogP contribution in [0.4, 0.5) is 0 Å². The minimum atomic E-state index is -0.200. The summed E-state index contributed by atoms with van der Waals surface area (Å²) in [5, 5.41) is 1.09. The molecule has 2 aromatic rings. The first kappa shape index (κ1) is 17.4. The van der Waals surface area contributed by atoms with Crippen LogP contribution in [0.5, 0.6) is 0 Å². The van der Waals surface area contributed by atoms with Gasteiger partial charge in [0.05, 0.1) is 18.9 Å². The zero-order valence-corrected chi connectivity index (χ0v) is 16.7. The molecule has 0 aliphatic carbocycles. The second-order valence-electron chi connectivity index (χ2n) is 4.91. The Morgan fingerprint density at radius 1 is 1.10 bits per heavy atom. The number of unbranched alkanes of at least 4 members (excludes halogenated alkanes) is 5. The van der Waals surface area contributed by atoms with Crippen LogP contribution in [0.25, 0.3) is 10.1 Å². The number of halogens is 2. The van der Waals surface area contributed by atoms with Crippen molar-refractivity contribution in [2.75, 3.05) is 6.61 Å². The average Bonchev–Trinajstić information content (AvgIpc) is 3.00. The number of hydrogen-bond acceptors (Lipinski definition) is 4. The van der Waals surface area contributed by atoms with Crippen molar-refractivity contribution < 1.29 is 9.53 Å². The number of fused-ring (bicyclic) bond motifs is 1. The largest absolute Gasteiger partial charge is 0.462 e. The lowest BCUT2D eigenvalue weighted by Crippen LogP contribution is -2.04. The van der Waals surface area contributed by atoms with E-state index in [4.69, 9.17) is 4.74 Å². The summed E-state index contributed by atoms with van der Waals surface area (Å²) in [6.45, 7) is 2.74. The maximum absolute atomic E-state index is 12.0. The Labute approximate surface area is 150 Å². The van der Waals surface area contributed by atoms with Crippen LogP contribution in [-0.2, 0) is 4.74 Å². The van der Waals surface area contributed by atoms with E-state index in [0.29, 0.717) is 11.5 Å². The summed E-state index contributed by atoms with van der Waals surface area (Å²) in [7, 11) is 0. The number of hydrogen-bond donors (Lipinski definition) is 0. The second-order valence-corrected chi connectivity index (χ2v) is 9.62. The molecule has 0 radical (unpaired) electrons. The third-order valence-corrected chi connectivity index (χ3v) is 7.34. The third kappa shape index (κ3) is 4.78. The molecule has 0 aliphatic heterocycles. The van der Waals surface area contributed by atoms with Crippen molar-refractivity contribution in [3.8, 4) is 0 Å². The van der Waals surface area contributed by atoms with Gasteiger partial charge in [0, 0.05) is 5.39 Å². The Kier molecular flexibility index (Phi) is 7.19. The van der Waals surface area contributed by atoms with Crippen molar-refractivity contribution in [2.24, 2.45) is 0 Å². The highest BCUT2D eigenvalue weighted by molar-refractivity contribution is 9.12. The molecule has 0 amide bonds. The molecule has 21 heavy (non-hydrogen) atoms. The van der Waals surface area contributed by atoms with Gasteiger partial charge in [-0.05, 0) is 44.3 Å². The normalized spacial score (nSPS) is 11.2. The van der Waals surface area contributed by atoms with Gasteiger partial charge in [-0.25, -0.2) is 4.79 Å². The van der Waals surface area contributed by atoms with Gasteiger partial charge in [0.25, 0.3) is 0 Å². The predicted molar refractivity (Wildman–Crippen MR) is 98.8 cm³/mol. The lowest BCUT2D eigenvalue weighted by molar-refractivity contribution is 0.0503. The molecule has 2 heterocycles. The first-order valence-corrected chi connectivity index (χ1v) is 10.4. The van der Waals surface area contributed by atoms with Crippen molar-refractivity contribution in [3.63, 3.8) is 0 Å². The summed E-state index contributed by atoms with van der Waals surface area (Å²) < 4.78 is 8.58. The fourth-order valence-electron chi connectivity index (χ4n) is 2.08. The lowest BCUT2D eigenvalue weighted by Gasteiger charge is -2.03. The van der Waals surface area contributed by atoms with Crippen LogP contribution in [-0.4, -0.2) is 12.6 Å². The van der Waals surface area contributed by atoms with E-state index in [9.17, 15) is 4.79 Å². The molecule has 2 aromatic heterocycles. The monoisotopic (exact) mass is 452 g/mol. The molecule has 6 heteroatoms. The minimum Gasteiger partial charge on any atom is -0.462 e. The van der Waals surface area contributed by atoms with E-state index in [0.717, 1.165) is 30.5 Å². The van der Waals surface area contributed by atoms with Crippen molar-refractivity contribution in [1.82, 2.24) is 0 Å². The molecule has 2 rings (SSSR count). The highest BCUT2D eigenvalue weighted by Gasteiger charge is 2.16. The van der Waals surface area contributed by atoms with Gasteiger partial charge >= 0.3 is 5.97 Å². The topological polar surface area (TPSA) is 26.3 Å². The number of carbonyl (C=O) groups is 1. The van der Waals surface area contributed by atoms with Crippen LogP contribution in [0.1, 0.15) is 55.1 Å². The number of ether oxygens (including phenoxy) is 1. The smallest absolute Gasteiger partial charge is 0.348 e. The van der Waals surface area contributed by atoms with Gasteiger partial charge in [-0.3, -0.25) is 0 Å². The molecule has 2 nitrogen and oxygen atoms in total. The standard InChI is InChI=1S/C15H18Br2O2S2/c1-2-3-4-5-6-7-8-19-15(18)11-9-10-12(20-11)14(17)21-13(10)16/h9H,2-8H2,1H3. The van der Waals surface area contributed by atoms with Gasteiger partial charge < -0.3 is 4.74 Å². The summed E-state index contributed by atoms with van der Waals surface area (Å²) in [5.41, 5.74) is 0. The van der Waals surface area contributed by atoms with E-state index in [1.165, 1.54) is 37.0 Å². The van der Waals surface area contributed by atoms with E-state index in [-0.39, 0.29) is 5.97 Å². The molecular weight excluding hydrogens is 436 g/mol. The number of thiophene rings is 2. The second kappa shape index (κ2) is 8.65. The fourth-order valence-corrected chi connectivity index (χ4v) is 6.44. The van der Waals surface area contributed by atoms with Crippen LogP contribution in [0, 0.1) is 0 Å². The van der Waals surface area contributed by atoms with Crippen LogP contribution in [0.2, 0.25) is 0 Å². The molecule has 0 N–H and O–H groups in total. The van der Waals surface area contributed by atoms with E-state index in [1.54, 1.807) is 11.3 Å². The molecule has 0 unspecified atom stereocenters. The van der Waals surface area contributed by atoms with E-state index >= 15 is 0 Å². The van der Waals surface area contributed by atoms with Crippen molar-refractivity contribution in [1.29, 1.82) is 0 Å². The minimum absolute atomic E-state index is 0.200. The quantitative estimate of drug-likeness (QED) is 0.317. The zero-order valence-electron chi connectivity index (χ0n) is 11.9. The molecule has 0 spiro atoms.